The fourth-order valence-corrected chi connectivity index (χ4v) is 3.95. The second-order valence-electron chi connectivity index (χ2n) is 8.21. The SMILES string of the molecule is Cc1onc(-c2ccccc2)c1C(=O)N(Cc1ccc(N(C)C)cc1)CC1CCCO1. The third-order valence-electron chi connectivity index (χ3n) is 5.69. The number of rotatable bonds is 7. The van der Waals surface area contributed by atoms with E-state index in [-0.39, 0.29) is 12.0 Å². The Balaban J connectivity index is 1.64. The van der Waals surface area contributed by atoms with Crippen LogP contribution in [0.15, 0.2) is 59.1 Å². The van der Waals surface area contributed by atoms with Gasteiger partial charge in [-0.15, -0.1) is 0 Å². The lowest BCUT2D eigenvalue weighted by molar-refractivity contribution is 0.0506. The Morgan fingerprint density at radius 1 is 1.10 bits per heavy atom. The van der Waals surface area contributed by atoms with Crippen LogP contribution in [-0.2, 0) is 11.3 Å². The highest BCUT2D eigenvalue weighted by Crippen LogP contribution is 2.28. The molecule has 0 spiro atoms. The molecule has 6 nitrogen and oxygen atoms in total. The van der Waals surface area contributed by atoms with Gasteiger partial charge in [-0.3, -0.25) is 4.79 Å². The van der Waals surface area contributed by atoms with Crippen molar-refractivity contribution < 1.29 is 14.1 Å². The number of amides is 1. The molecule has 0 N–H and O–H groups in total. The Bertz CT molecular complexity index is 1010. The quantitative estimate of drug-likeness (QED) is 0.563. The summed E-state index contributed by atoms with van der Waals surface area (Å²) >= 11 is 0. The molecule has 1 fully saturated rings. The van der Waals surface area contributed by atoms with E-state index < -0.39 is 0 Å². The summed E-state index contributed by atoms with van der Waals surface area (Å²) in [6.45, 7) is 3.60. The van der Waals surface area contributed by atoms with Crippen LogP contribution in [0.25, 0.3) is 11.3 Å². The monoisotopic (exact) mass is 419 g/mol. The molecule has 0 aliphatic carbocycles. The third-order valence-corrected chi connectivity index (χ3v) is 5.69. The van der Waals surface area contributed by atoms with Gasteiger partial charge in [0.05, 0.1) is 6.10 Å². The molecule has 1 unspecified atom stereocenters. The second-order valence-corrected chi connectivity index (χ2v) is 8.21. The summed E-state index contributed by atoms with van der Waals surface area (Å²) in [4.78, 5) is 17.7. The van der Waals surface area contributed by atoms with Crippen LogP contribution >= 0.6 is 0 Å². The minimum Gasteiger partial charge on any atom is -0.378 e. The molecule has 31 heavy (non-hydrogen) atoms. The van der Waals surface area contributed by atoms with Crippen molar-refractivity contribution in [3.8, 4) is 11.3 Å². The highest BCUT2D eigenvalue weighted by atomic mass is 16.5. The van der Waals surface area contributed by atoms with E-state index in [1.165, 1.54) is 0 Å². The molecule has 0 saturated carbocycles. The minimum absolute atomic E-state index is 0.0605. The van der Waals surface area contributed by atoms with Gasteiger partial charge in [0.1, 0.15) is 17.0 Å². The summed E-state index contributed by atoms with van der Waals surface area (Å²) in [5, 5.41) is 4.20. The lowest BCUT2D eigenvalue weighted by Crippen LogP contribution is -2.37. The minimum atomic E-state index is -0.0789. The van der Waals surface area contributed by atoms with Gasteiger partial charge in [0, 0.05) is 45.0 Å². The van der Waals surface area contributed by atoms with Crippen molar-refractivity contribution in [2.45, 2.75) is 32.4 Å². The summed E-state index contributed by atoms with van der Waals surface area (Å²) < 4.78 is 11.3. The van der Waals surface area contributed by atoms with Crippen molar-refractivity contribution in [2.75, 3.05) is 32.1 Å². The van der Waals surface area contributed by atoms with Gasteiger partial charge in [-0.1, -0.05) is 47.6 Å². The van der Waals surface area contributed by atoms with E-state index in [2.05, 4.69) is 34.3 Å². The zero-order valence-electron chi connectivity index (χ0n) is 18.4. The van der Waals surface area contributed by atoms with Gasteiger partial charge in [-0.05, 0) is 37.5 Å². The molecule has 0 radical (unpaired) electrons. The first-order chi connectivity index (χ1) is 15.0. The van der Waals surface area contributed by atoms with Crippen molar-refractivity contribution in [3.63, 3.8) is 0 Å². The van der Waals surface area contributed by atoms with Gasteiger partial charge < -0.3 is 19.1 Å². The number of aromatic nitrogens is 1. The highest BCUT2D eigenvalue weighted by molar-refractivity contribution is 6.00. The zero-order chi connectivity index (χ0) is 21.8. The Morgan fingerprint density at radius 2 is 1.84 bits per heavy atom. The number of aryl methyl sites for hydroxylation is 1. The van der Waals surface area contributed by atoms with Crippen LogP contribution in [0.5, 0.6) is 0 Å². The topological polar surface area (TPSA) is 58.8 Å². The summed E-state index contributed by atoms with van der Waals surface area (Å²) in [5.74, 6) is 0.453. The number of hydrogen-bond donors (Lipinski definition) is 0. The molecule has 3 aromatic rings. The van der Waals surface area contributed by atoms with Gasteiger partial charge in [0.25, 0.3) is 5.91 Å². The number of benzene rings is 2. The number of hydrogen-bond acceptors (Lipinski definition) is 5. The average Bonchev–Trinajstić information content (AvgIpc) is 3.43. The largest absolute Gasteiger partial charge is 0.378 e. The van der Waals surface area contributed by atoms with Gasteiger partial charge >= 0.3 is 0 Å². The van der Waals surface area contributed by atoms with Crippen LogP contribution < -0.4 is 4.90 Å². The van der Waals surface area contributed by atoms with E-state index in [9.17, 15) is 4.79 Å². The molecule has 6 heteroatoms. The van der Waals surface area contributed by atoms with Crippen LogP contribution in [0.3, 0.4) is 0 Å². The van der Waals surface area contributed by atoms with Gasteiger partial charge in [0.2, 0.25) is 0 Å². The molecule has 2 heterocycles. The fraction of sp³-hybridized carbons (Fsp3) is 0.360. The second kappa shape index (κ2) is 9.35. The predicted molar refractivity (Wildman–Crippen MR) is 121 cm³/mol. The maximum Gasteiger partial charge on any atom is 0.260 e. The lowest BCUT2D eigenvalue weighted by Gasteiger charge is -2.26. The molecule has 1 aromatic heterocycles. The lowest BCUT2D eigenvalue weighted by atomic mass is 10.0. The molecule has 1 amide bonds. The molecule has 162 valence electrons. The Morgan fingerprint density at radius 3 is 2.48 bits per heavy atom. The number of carbonyl (C=O) groups is 1. The average molecular weight is 420 g/mol. The molecular formula is C25H29N3O3. The number of anilines is 1. The number of carbonyl (C=O) groups excluding carboxylic acids is 1. The Hall–Kier alpha value is -3.12. The molecule has 1 aliphatic rings. The summed E-state index contributed by atoms with van der Waals surface area (Å²) in [7, 11) is 4.03. The van der Waals surface area contributed by atoms with E-state index in [4.69, 9.17) is 9.26 Å². The predicted octanol–water partition coefficient (Wildman–Crippen LogP) is 4.54. The summed E-state index contributed by atoms with van der Waals surface area (Å²) in [6.07, 6.45) is 2.06. The van der Waals surface area contributed by atoms with Crippen LogP contribution in [0.2, 0.25) is 0 Å². The van der Waals surface area contributed by atoms with Crippen molar-refractivity contribution in [1.29, 1.82) is 0 Å². The van der Waals surface area contributed by atoms with Gasteiger partial charge in [-0.2, -0.15) is 0 Å². The number of ether oxygens (including phenoxy) is 1. The van der Waals surface area contributed by atoms with Crippen molar-refractivity contribution in [3.05, 3.63) is 71.5 Å². The Kier molecular flexibility index (Phi) is 6.37. The van der Waals surface area contributed by atoms with Crippen LogP contribution in [0, 0.1) is 6.92 Å². The Labute approximate surface area is 183 Å². The van der Waals surface area contributed by atoms with E-state index in [0.29, 0.717) is 30.1 Å². The molecule has 2 aromatic carbocycles. The van der Waals surface area contributed by atoms with Crippen molar-refractivity contribution in [1.82, 2.24) is 10.1 Å². The standard InChI is InChI=1S/C25H29N3O3/c1-18-23(24(26-31-18)20-8-5-4-6-9-20)25(29)28(17-22-10-7-15-30-22)16-19-11-13-21(14-12-19)27(2)3/h4-6,8-9,11-14,22H,7,10,15-17H2,1-3H3. The molecule has 4 rings (SSSR count). The summed E-state index contributed by atoms with van der Waals surface area (Å²) in [6, 6.07) is 18.0. The first-order valence-electron chi connectivity index (χ1n) is 10.7. The molecular weight excluding hydrogens is 390 g/mol. The van der Waals surface area contributed by atoms with E-state index in [1.54, 1.807) is 6.92 Å². The zero-order valence-corrected chi connectivity index (χ0v) is 18.4. The van der Waals surface area contributed by atoms with Crippen LogP contribution in [0.4, 0.5) is 5.69 Å². The molecule has 0 bridgehead atoms. The maximum atomic E-state index is 13.8. The van der Waals surface area contributed by atoms with Crippen LogP contribution in [0.1, 0.15) is 34.5 Å². The van der Waals surface area contributed by atoms with Crippen molar-refractivity contribution in [2.24, 2.45) is 0 Å². The van der Waals surface area contributed by atoms with Crippen LogP contribution in [-0.4, -0.2) is 49.3 Å². The van der Waals surface area contributed by atoms with E-state index in [0.717, 1.165) is 36.3 Å². The smallest absolute Gasteiger partial charge is 0.260 e. The maximum absolute atomic E-state index is 13.8. The van der Waals surface area contributed by atoms with Gasteiger partial charge in [-0.25, -0.2) is 0 Å². The molecule has 1 atom stereocenters. The first-order valence-corrected chi connectivity index (χ1v) is 10.7. The normalized spacial score (nSPS) is 15.8. The fourth-order valence-electron chi connectivity index (χ4n) is 3.95. The van der Waals surface area contributed by atoms with E-state index in [1.807, 2.05) is 49.3 Å². The van der Waals surface area contributed by atoms with Crippen molar-refractivity contribution >= 4 is 11.6 Å². The van der Waals surface area contributed by atoms with E-state index >= 15 is 0 Å². The third kappa shape index (κ3) is 4.80. The van der Waals surface area contributed by atoms with Gasteiger partial charge in [0.15, 0.2) is 0 Å². The highest BCUT2D eigenvalue weighted by Gasteiger charge is 2.29. The first kappa shape index (κ1) is 21.1. The molecule has 1 saturated heterocycles. The molecule has 1 aliphatic heterocycles. The number of nitrogens with zero attached hydrogens (tertiary/aromatic N) is 3. The summed E-state index contributed by atoms with van der Waals surface area (Å²) in [5.41, 5.74) is 4.18.